The van der Waals surface area contributed by atoms with E-state index in [0.717, 1.165) is 36.4 Å². The molecule has 0 amide bonds. The highest BCUT2D eigenvalue weighted by molar-refractivity contribution is 7.19. The van der Waals surface area contributed by atoms with Gasteiger partial charge in [0.25, 0.3) is 0 Å². The second kappa shape index (κ2) is 6.45. The summed E-state index contributed by atoms with van der Waals surface area (Å²) in [5, 5.41) is 17.7. The van der Waals surface area contributed by atoms with E-state index in [4.69, 9.17) is 0 Å². The molecule has 6 nitrogen and oxygen atoms in total. The summed E-state index contributed by atoms with van der Waals surface area (Å²) >= 11 is 1.32. The lowest BCUT2D eigenvalue weighted by molar-refractivity contribution is -0.137. The van der Waals surface area contributed by atoms with Crippen LogP contribution in [0.25, 0.3) is 27.1 Å². The number of rotatable bonds is 4. The van der Waals surface area contributed by atoms with E-state index in [1.165, 1.54) is 21.9 Å². The van der Waals surface area contributed by atoms with E-state index in [0.29, 0.717) is 15.5 Å². The molecule has 0 aliphatic rings. The number of aryl methyl sites for hydroxylation is 2. The van der Waals surface area contributed by atoms with Crippen molar-refractivity contribution in [3.63, 3.8) is 0 Å². The molecule has 0 bridgehead atoms. The van der Waals surface area contributed by atoms with Gasteiger partial charge in [-0.1, -0.05) is 36.8 Å². The topological polar surface area (TPSA) is 60.9 Å². The Balaban J connectivity index is 1.77. The smallest absolute Gasteiger partial charge is 0.265 e. The minimum Gasteiger partial charge on any atom is -0.265 e. The molecule has 4 aromatic rings. The summed E-state index contributed by atoms with van der Waals surface area (Å²) in [6, 6.07) is 6.97. The highest BCUT2D eigenvalue weighted by atomic mass is 32.1. The van der Waals surface area contributed by atoms with Gasteiger partial charge in [0.2, 0.25) is 4.96 Å². The lowest BCUT2D eigenvalue weighted by Crippen LogP contribution is -2.05. The van der Waals surface area contributed by atoms with Crippen LogP contribution in [0.2, 0.25) is 0 Å². The van der Waals surface area contributed by atoms with Crippen LogP contribution in [-0.2, 0) is 19.6 Å². The molecule has 0 spiro atoms. The molecule has 27 heavy (non-hydrogen) atoms. The summed E-state index contributed by atoms with van der Waals surface area (Å²) in [5.74, 6) is 0.273. The van der Waals surface area contributed by atoms with Gasteiger partial charge in [-0.3, -0.25) is 4.68 Å². The Labute approximate surface area is 156 Å². The Morgan fingerprint density at radius 1 is 1.11 bits per heavy atom. The minimum atomic E-state index is -4.42. The maximum atomic E-state index is 13.0. The van der Waals surface area contributed by atoms with Gasteiger partial charge in [0.1, 0.15) is 0 Å². The lowest BCUT2D eigenvalue weighted by atomic mass is 10.1. The zero-order valence-electron chi connectivity index (χ0n) is 14.5. The average molecular weight is 392 g/mol. The zero-order valence-corrected chi connectivity index (χ0v) is 15.3. The Morgan fingerprint density at radius 3 is 2.67 bits per heavy atom. The Kier molecular flexibility index (Phi) is 4.22. The molecule has 0 saturated heterocycles. The molecule has 0 N–H and O–H groups in total. The van der Waals surface area contributed by atoms with Gasteiger partial charge in [0.05, 0.1) is 17.0 Å². The molecule has 3 aromatic heterocycles. The number of hydrogen-bond acceptors (Lipinski definition) is 5. The Hall–Kier alpha value is -2.75. The molecule has 0 saturated carbocycles. The van der Waals surface area contributed by atoms with E-state index in [2.05, 4.69) is 27.3 Å². The monoisotopic (exact) mass is 392 g/mol. The molecular formula is C17H15F3N6S. The zero-order chi connectivity index (χ0) is 19.2. The second-order valence-electron chi connectivity index (χ2n) is 6.10. The van der Waals surface area contributed by atoms with Crippen LogP contribution in [0.5, 0.6) is 0 Å². The maximum Gasteiger partial charge on any atom is 0.416 e. The molecule has 10 heteroatoms. The number of fused-ring (bicyclic) bond motifs is 1. The Bertz CT molecular complexity index is 1110. The molecule has 3 heterocycles. The SMILES string of the molecule is CCCc1cc(-c2nn3c(-c4cccc(C(F)(F)F)c4)nnc3s2)n(C)n1. The number of nitrogens with zero attached hydrogens (tertiary/aromatic N) is 6. The first-order chi connectivity index (χ1) is 12.9. The fourth-order valence-corrected chi connectivity index (χ4v) is 3.73. The van der Waals surface area contributed by atoms with E-state index in [1.54, 1.807) is 10.7 Å². The molecule has 0 radical (unpaired) electrons. The molecule has 140 valence electrons. The van der Waals surface area contributed by atoms with E-state index >= 15 is 0 Å². The van der Waals surface area contributed by atoms with Crippen LogP contribution in [0.1, 0.15) is 24.6 Å². The summed E-state index contributed by atoms with van der Waals surface area (Å²) in [7, 11) is 1.84. The highest BCUT2D eigenvalue weighted by Crippen LogP contribution is 2.33. The van der Waals surface area contributed by atoms with Crippen LogP contribution in [-0.4, -0.2) is 29.6 Å². The van der Waals surface area contributed by atoms with Crippen molar-refractivity contribution >= 4 is 16.3 Å². The largest absolute Gasteiger partial charge is 0.416 e. The molecule has 4 rings (SSSR count). The molecule has 0 aliphatic carbocycles. The van der Waals surface area contributed by atoms with Crippen LogP contribution >= 0.6 is 11.3 Å². The number of aromatic nitrogens is 6. The summed E-state index contributed by atoms with van der Waals surface area (Å²) in [6.07, 6.45) is -2.56. The third kappa shape index (κ3) is 3.20. The van der Waals surface area contributed by atoms with Crippen LogP contribution in [0.3, 0.4) is 0 Å². The van der Waals surface area contributed by atoms with Crippen LogP contribution in [0, 0.1) is 0 Å². The van der Waals surface area contributed by atoms with Crippen molar-refractivity contribution in [2.45, 2.75) is 25.9 Å². The van der Waals surface area contributed by atoms with Crippen molar-refractivity contribution in [1.82, 2.24) is 29.6 Å². The van der Waals surface area contributed by atoms with Crippen molar-refractivity contribution in [3.8, 4) is 22.1 Å². The van der Waals surface area contributed by atoms with Crippen molar-refractivity contribution < 1.29 is 13.2 Å². The van der Waals surface area contributed by atoms with E-state index in [-0.39, 0.29) is 5.82 Å². The quantitative estimate of drug-likeness (QED) is 0.522. The summed E-state index contributed by atoms with van der Waals surface area (Å²) in [5.41, 5.74) is 1.39. The van der Waals surface area contributed by atoms with Gasteiger partial charge < -0.3 is 0 Å². The molecular weight excluding hydrogens is 377 g/mol. The van der Waals surface area contributed by atoms with Gasteiger partial charge in [-0.2, -0.15) is 27.9 Å². The first kappa shape index (κ1) is 17.7. The molecule has 1 aromatic carbocycles. The first-order valence-electron chi connectivity index (χ1n) is 8.30. The molecule has 0 atom stereocenters. The third-order valence-electron chi connectivity index (χ3n) is 4.09. The van der Waals surface area contributed by atoms with Gasteiger partial charge in [0, 0.05) is 12.6 Å². The molecule has 0 unspecified atom stereocenters. The minimum absolute atomic E-state index is 0.273. The summed E-state index contributed by atoms with van der Waals surface area (Å²) < 4.78 is 42.2. The third-order valence-corrected chi connectivity index (χ3v) is 5.02. The fourth-order valence-electron chi connectivity index (χ4n) is 2.84. The Morgan fingerprint density at radius 2 is 1.93 bits per heavy atom. The van der Waals surface area contributed by atoms with Crippen LogP contribution < -0.4 is 0 Å². The van der Waals surface area contributed by atoms with Crippen molar-refractivity contribution in [1.29, 1.82) is 0 Å². The van der Waals surface area contributed by atoms with E-state index in [9.17, 15) is 13.2 Å². The maximum absolute atomic E-state index is 13.0. The standard InChI is InChI=1S/C17H15F3N6S/c1-3-5-12-9-13(25(2)23-12)15-24-26-14(21-22-16(26)27-15)10-6-4-7-11(8-10)17(18,19)20/h4,6-9H,3,5H2,1-2H3. The fraction of sp³-hybridized carbons (Fsp3) is 0.294. The van der Waals surface area contributed by atoms with Gasteiger partial charge in [-0.05, 0) is 24.6 Å². The van der Waals surface area contributed by atoms with Crippen molar-refractivity contribution in [2.24, 2.45) is 7.05 Å². The lowest BCUT2D eigenvalue weighted by Gasteiger charge is -2.07. The van der Waals surface area contributed by atoms with Crippen molar-refractivity contribution in [3.05, 3.63) is 41.6 Å². The number of halogens is 3. The van der Waals surface area contributed by atoms with Gasteiger partial charge in [0.15, 0.2) is 10.8 Å². The molecule has 0 aliphatic heterocycles. The summed E-state index contributed by atoms with van der Waals surface area (Å²) in [4.78, 5) is 0.510. The van der Waals surface area contributed by atoms with Crippen molar-refractivity contribution in [2.75, 3.05) is 0 Å². The number of benzene rings is 1. The number of hydrogen-bond donors (Lipinski definition) is 0. The second-order valence-corrected chi connectivity index (χ2v) is 7.05. The van der Waals surface area contributed by atoms with Crippen LogP contribution in [0.4, 0.5) is 13.2 Å². The van der Waals surface area contributed by atoms with Gasteiger partial charge in [-0.25, -0.2) is 0 Å². The predicted octanol–water partition coefficient (Wildman–Crippen LogP) is 4.22. The average Bonchev–Trinajstić information content (AvgIpc) is 3.28. The first-order valence-corrected chi connectivity index (χ1v) is 9.11. The molecule has 0 fully saturated rings. The van der Waals surface area contributed by atoms with E-state index in [1.807, 2.05) is 13.1 Å². The predicted molar refractivity (Wildman–Crippen MR) is 95.3 cm³/mol. The van der Waals surface area contributed by atoms with E-state index < -0.39 is 11.7 Å². The highest BCUT2D eigenvalue weighted by Gasteiger charge is 2.31. The van der Waals surface area contributed by atoms with Gasteiger partial charge in [-0.15, -0.1) is 10.2 Å². The van der Waals surface area contributed by atoms with Crippen LogP contribution in [0.15, 0.2) is 30.3 Å². The number of alkyl halides is 3. The summed E-state index contributed by atoms with van der Waals surface area (Å²) in [6.45, 7) is 2.08. The normalized spacial score (nSPS) is 12.2. The van der Waals surface area contributed by atoms with Gasteiger partial charge >= 0.3 is 6.18 Å².